The van der Waals surface area contributed by atoms with Crippen molar-refractivity contribution in [2.75, 3.05) is 5.32 Å². The fraction of sp³-hybridized carbons (Fsp3) is 0.444. The van der Waals surface area contributed by atoms with Gasteiger partial charge in [0.25, 0.3) is 5.56 Å². The first-order valence-electron chi connectivity index (χ1n) is 4.35. The first-order chi connectivity index (χ1) is 6.16. The normalized spacial score (nSPS) is 25.7. The molecule has 0 saturated heterocycles. The van der Waals surface area contributed by atoms with Gasteiger partial charge in [0.05, 0.1) is 0 Å². The lowest BCUT2D eigenvalue weighted by Gasteiger charge is -2.04. The highest BCUT2D eigenvalue weighted by Gasteiger charge is 2.33. The Labute approximate surface area is 76.4 Å². The van der Waals surface area contributed by atoms with E-state index in [2.05, 4.69) is 5.32 Å². The summed E-state index contributed by atoms with van der Waals surface area (Å²) < 4.78 is 1.54. The van der Waals surface area contributed by atoms with Gasteiger partial charge in [-0.25, -0.2) is 0 Å². The van der Waals surface area contributed by atoms with Crippen LogP contribution < -0.4 is 16.6 Å². The Morgan fingerprint density at radius 1 is 1.69 bits per heavy atom. The number of anilines is 1. The summed E-state index contributed by atoms with van der Waals surface area (Å²) in [6, 6.07) is 4.08. The maximum Gasteiger partial charge on any atom is 0.252 e. The van der Waals surface area contributed by atoms with Crippen LogP contribution in [0, 0.1) is 0 Å². The van der Waals surface area contributed by atoms with E-state index in [0.29, 0.717) is 6.04 Å². The second-order valence-corrected chi connectivity index (χ2v) is 3.51. The molecule has 70 valence electrons. The molecule has 0 aromatic carbocycles. The molecule has 3 N–H and O–H groups in total. The third-order valence-corrected chi connectivity index (χ3v) is 2.30. The zero-order valence-corrected chi connectivity index (χ0v) is 7.53. The van der Waals surface area contributed by atoms with Gasteiger partial charge in [0.15, 0.2) is 0 Å². The van der Waals surface area contributed by atoms with Crippen LogP contribution in [0.3, 0.4) is 0 Å². The van der Waals surface area contributed by atoms with Crippen LogP contribution in [0.15, 0.2) is 23.1 Å². The van der Waals surface area contributed by atoms with Crippen molar-refractivity contribution in [3.8, 4) is 0 Å². The molecule has 4 heteroatoms. The molecule has 1 saturated carbocycles. The minimum absolute atomic E-state index is 0.000721. The van der Waals surface area contributed by atoms with Crippen LogP contribution in [0.1, 0.15) is 6.42 Å². The molecular weight excluding hydrogens is 166 g/mol. The summed E-state index contributed by atoms with van der Waals surface area (Å²) in [4.78, 5) is 11.2. The van der Waals surface area contributed by atoms with Crippen LogP contribution in [0.25, 0.3) is 0 Å². The molecule has 1 aliphatic rings. The van der Waals surface area contributed by atoms with Crippen molar-refractivity contribution < 1.29 is 0 Å². The molecule has 2 rings (SSSR count). The number of hydrogen-bond donors (Lipinski definition) is 2. The Bertz CT molecular complexity index is 371. The predicted octanol–water partition coefficient (Wildman–Crippen LogP) is -0.103. The smallest absolute Gasteiger partial charge is 0.252 e. The monoisotopic (exact) mass is 179 g/mol. The number of aromatic nitrogens is 1. The lowest BCUT2D eigenvalue weighted by molar-refractivity contribution is 0.859. The molecule has 1 aromatic heterocycles. The van der Waals surface area contributed by atoms with E-state index in [1.165, 1.54) is 4.57 Å². The number of nitrogens with one attached hydrogen (secondary N) is 1. The fourth-order valence-electron chi connectivity index (χ4n) is 1.23. The number of hydrogen-bond acceptors (Lipinski definition) is 3. The molecule has 4 nitrogen and oxygen atoms in total. The predicted molar refractivity (Wildman–Crippen MR) is 51.7 cm³/mol. The molecular formula is C9H13N3O. The summed E-state index contributed by atoms with van der Waals surface area (Å²) in [7, 11) is 1.73. The number of rotatable bonds is 2. The van der Waals surface area contributed by atoms with E-state index in [4.69, 9.17) is 5.73 Å². The van der Waals surface area contributed by atoms with Gasteiger partial charge >= 0.3 is 0 Å². The molecule has 0 radical (unpaired) electrons. The topological polar surface area (TPSA) is 60.1 Å². The molecule has 2 atom stereocenters. The molecule has 1 fully saturated rings. The minimum atomic E-state index is -0.000721. The van der Waals surface area contributed by atoms with Gasteiger partial charge in [0.2, 0.25) is 0 Å². The van der Waals surface area contributed by atoms with Gasteiger partial charge in [0, 0.05) is 37.1 Å². The largest absolute Gasteiger partial charge is 0.380 e. The van der Waals surface area contributed by atoms with Crippen LogP contribution in [0.5, 0.6) is 0 Å². The van der Waals surface area contributed by atoms with Gasteiger partial charge in [0.1, 0.15) is 0 Å². The molecule has 0 bridgehead atoms. The standard InChI is InChI=1S/C9H13N3O/c1-12-3-2-6(4-9(12)13)11-8-5-7(8)10/h2-4,7-8,11H,5,10H2,1H3. The highest BCUT2D eigenvalue weighted by molar-refractivity contribution is 5.44. The number of aryl methyl sites for hydroxylation is 1. The number of pyridine rings is 1. The van der Waals surface area contributed by atoms with Crippen molar-refractivity contribution in [2.24, 2.45) is 12.8 Å². The minimum Gasteiger partial charge on any atom is -0.380 e. The van der Waals surface area contributed by atoms with Crippen molar-refractivity contribution in [3.05, 3.63) is 28.7 Å². The van der Waals surface area contributed by atoms with Gasteiger partial charge in [-0.15, -0.1) is 0 Å². The van der Waals surface area contributed by atoms with Gasteiger partial charge < -0.3 is 15.6 Å². The Hall–Kier alpha value is -1.29. The summed E-state index contributed by atoms with van der Waals surface area (Å²) >= 11 is 0. The summed E-state index contributed by atoms with van der Waals surface area (Å²) in [6.07, 6.45) is 2.74. The maximum atomic E-state index is 11.2. The zero-order valence-electron chi connectivity index (χ0n) is 7.53. The summed E-state index contributed by atoms with van der Waals surface area (Å²) in [5.41, 5.74) is 6.50. The number of nitrogens with two attached hydrogens (primary N) is 1. The van der Waals surface area contributed by atoms with Crippen LogP contribution in [-0.4, -0.2) is 16.7 Å². The molecule has 1 aliphatic carbocycles. The Morgan fingerprint density at radius 2 is 2.38 bits per heavy atom. The number of nitrogens with zero attached hydrogens (tertiary/aromatic N) is 1. The Kier molecular flexibility index (Phi) is 1.84. The summed E-state index contributed by atoms with van der Waals surface area (Å²) in [5.74, 6) is 0. The quantitative estimate of drug-likeness (QED) is 0.666. The van der Waals surface area contributed by atoms with E-state index in [1.54, 1.807) is 19.3 Å². The molecule has 2 unspecified atom stereocenters. The van der Waals surface area contributed by atoms with Crippen molar-refractivity contribution in [2.45, 2.75) is 18.5 Å². The van der Waals surface area contributed by atoms with E-state index in [9.17, 15) is 4.79 Å². The lowest BCUT2D eigenvalue weighted by atomic mass is 10.4. The molecule has 13 heavy (non-hydrogen) atoms. The van der Waals surface area contributed by atoms with Crippen LogP contribution in [0.4, 0.5) is 5.69 Å². The van der Waals surface area contributed by atoms with E-state index in [-0.39, 0.29) is 11.6 Å². The molecule has 0 aliphatic heterocycles. The Morgan fingerprint density at radius 3 is 2.92 bits per heavy atom. The average molecular weight is 179 g/mol. The lowest BCUT2D eigenvalue weighted by Crippen LogP contribution is -2.18. The van der Waals surface area contributed by atoms with E-state index >= 15 is 0 Å². The highest BCUT2D eigenvalue weighted by Crippen LogP contribution is 2.22. The molecule has 0 spiro atoms. The second-order valence-electron chi connectivity index (χ2n) is 3.51. The summed E-state index contributed by atoms with van der Waals surface area (Å²) in [6.45, 7) is 0. The zero-order chi connectivity index (χ0) is 9.42. The van der Waals surface area contributed by atoms with E-state index < -0.39 is 0 Å². The molecule has 1 heterocycles. The van der Waals surface area contributed by atoms with E-state index in [0.717, 1.165) is 12.1 Å². The third-order valence-electron chi connectivity index (χ3n) is 2.30. The fourth-order valence-corrected chi connectivity index (χ4v) is 1.23. The van der Waals surface area contributed by atoms with Gasteiger partial charge in [-0.3, -0.25) is 4.79 Å². The summed E-state index contributed by atoms with van der Waals surface area (Å²) in [5, 5.41) is 3.20. The average Bonchev–Trinajstić information content (AvgIpc) is 2.75. The van der Waals surface area contributed by atoms with Crippen molar-refractivity contribution in [1.82, 2.24) is 4.57 Å². The van der Waals surface area contributed by atoms with Crippen molar-refractivity contribution in [3.63, 3.8) is 0 Å². The first-order valence-corrected chi connectivity index (χ1v) is 4.35. The maximum absolute atomic E-state index is 11.2. The Balaban J connectivity index is 2.13. The van der Waals surface area contributed by atoms with Crippen molar-refractivity contribution >= 4 is 5.69 Å². The second kappa shape index (κ2) is 2.88. The van der Waals surface area contributed by atoms with E-state index in [1.807, 2.05) is 6.07 Å². The van der Waals surface area contributed by atoms with Gasteiger partial charge in [-0.2, -0.15) is 0 Å². The first kappa shape index (κ1) is 8.31. The van der Waals surface area contributed by atoms with Crippen LogP contribution >= 0.6 is 0 Å². The highest BCUT2D eigenvalue weighted by atomic mass is 16.1. The van der Waals surface area contributed by atoms with Crippen LogP contribution in [-0.2, 0) is 7.05 Å². The van der Waals surface area contributed by atoms with Gasteiger partial charge in [-0.05, 0) is 12.5 Å². The van der Waals surface area contributed by atoms with Crippen molar-refractivity contribution in [1.29, 1.82) is 0 Å². The SMILES string of the molecule is Cn1ccc(NC2CC2N)cc1=O. The molecule has 1 aromatic rings. The van der Waals surface area contributed by atoms with Gasteiger partial charge in [-0.1, -0.05) is 0 Å². The molecule has 0 amide bonds. The third kappa shape index (κ3) is 1.72. The van der Waals surface area contributed by atoms with Crippen LogP contribution in [0.2, 0.25) is 0 Å².